The zero-order valence-electron chi connectivity index (χ0n) is 15.4. The average Bonchev–Trinajstić information content (AvgIpc) is 3.00. The summed E-state index contributed by atoms with van der Waals surface area (Å²) in [6.07, 6.45) is 5.71. The van der Waals surface area contributed by atoms with Crippen molar-refractivity contribution in [1.29, 1.82) is 0 Å². The smallest absolute Gasteiger partial charge is 0.220 e. The van der Waals surface area contributed by atoms with E-state index in [-0.39, 0.29) is 18.1 Å². The highest BCUT2D eigenvalue weighted by Crippen LogP contribution is 2.33. The molecule has 1 N–H and O–H groups in total. The zero-order chi connectivity index (χ0) is 17.5. The number of ether oxygens (including phenoxy) is 2. The van der Waals surface area contributed by atoms with Gasteiger partial charge in [-0.15, -0.1) is 0 Å². The van der Waals surface area contributed by atoms with E-state index < -0.39 is 0 Å². The van der Waals surface area contributed by atoms with Crippen LogP contribution in [-0.2, 0) is 16.0 Å². The Balaban J connectivity index is 1.80. The van der Waals surface area contributed by atoms with Crippen LogP contribution in [-0.4, -0.2) is 26.2 Å². The van der Waals surface area contributed by atoms with Crippen molar-refractivity contribution >= 4 is 5.91 Å². The Morgan fingerprint density at radius 1 is 1.38 bits per heavy atom. The second kappa shape index (κ2) is 9.07. The van der Waals surface area contributed by atoms with Crippen LogP contribution >= 0.6 is 0 Å². The van der Waals surface area contributed by atoms with Crippen molar-refractivity contribution in [3.05, 3.63) is 29.3 Å². The third kappa shape index (κ3) is 4.73. The number of nitrogens with one attached hydrogen (secondary N) is 1. The fourth-order valence-electron chi connectivity index (χ4n) is 3.50. The molecule has 2 rings (SSSR count). The van der Waals surface area contributed by atoms with E-state index in [2.05, 4.69) is 31.3 Å². The lowest BCUT2D eigenvalue weighted by atomic mass is 9.97. The summed E-state index contributed by atoms with van der Waals surface area (Å²) in [6, 6.07) is 6.28. The molecule has 1 aliphatic carbocycles. The van der Waals surface area contributed by atoms with Gasteiger partial charge in [0.2, 0.25) is 5.91 Å². The van der Waals surface area contributed by atoms with Crippen LogP contribution in [0.4, 0.5) is 0 Å². The SMILES string of the molecule is CCC(C)C(CCCC(=O)NC1CCc2cc(OC)ccc21)OC. The number of hydrogen-bond donors (Lipinski definition) is 1. The minimum atomic E-state index is 0.141. The molecule has 0 aromatic heterocycles. The summed E-state index contributed by atoms with van der Waals surface area (Å²) in [5.74, 6) is 1.56. The van der Waals surface area contributed by atoms with Crippen LogP contribution in [0.15, 0.2) is 18.2 Å². The van der Waals surface area contributed by atoms with Crippen LogP contribution in [0.1, 0.15) is 63.1 Å². The molecule has 0 spiro atoms. The number of carbonyl (C=O) groups is 1. The van der Waals surface area contributed by atoms with E-state index in [4.69, 9.17) is 9.47 Å². The molecule has 1 aliphatic rings. The molecule has 0 aliphatic heterocycles. The minimum Gasteiger partial charge on any atom is -0.497 e. The number of methoxy groups -OCH3 is 2. The van der Waals surface area contributed by atoms with Crippen molar-refractivity contribution in [1.82, 2.24) is 5.32 Å². The van der Waals surface area contributed by atoms with Crippen molar-refractivity contribution in [2.24, 2.45) is 5.92 Å². The number of carbonyl (C=O) groups excluding carboxylic acids is 1. The summed E-state index contributed by atoms with van der Waals surface area (Å²) in [5.41, 5.74) is 2.52. The molecule has 134 valence electrons. The Labute approximate surface area is 145 Å². The highest BCUT2D eigenvalue weighted by molar-refractivity contribution is 5.76. The van der Waals surface area contributed by atoms with E-state index >= 15 is 0 Å². The number of amides is 1. The van der Waals surface area contributed by atoms with E-state index in [0.717, 1.165) is 37.9 Å². The Kier molecular flexibility index (Phi) is 7.10. The van der Waals surface area contributed by atoms with Crippen molar-refractivity contribution in [3.8, 4) is 5.75 Å². The van der Waals surface area contributed by atoms with Crippen LogP contribution in [0.5, 0.6) is 5.75 Å². The number of fused-ring (bicyclic) bond motifs is 1. The lowest BCUT2D eigenvalue weighted by Gasteiger charge is -2.21. The van der Waals surface area contributed by atoms with Crippen molar-refractivity contribution < 1.29 is 14.3 Å². The Bertz CT molecular complexity index is 544. The lowest BCUT2D eigenvalue weighted by molar-refractivity contribution is -0.122. The first-order valence-electron chi connectivity index (χ1n) is 9.08. The second-order valence-electron chi connectivity index (χ2n) is 6.78. The molecule has 0 heterocycles. The molecule has 3 unspecified atom stereocenters. The molecule has 0 bridgehead atoms. The summed E-state index contributed by atoms with van der Waals surface area (Å²) in [5, 5.41) is 3.19. The third-order valence-corrected chi connectivity index (χ3v) is 5.24. The zero-order valence-corrected chi connectivity index (χ0v) is 15.4. The first-order valence-corrected chi connectivity index (χ1v) is 9.08. The molecule has 1 aromatic rings. The molecule has 0 saturated heterocycles. The van der Waals surface area contributed by atoms with E-state index in [0.29, 0.717) is 12.3 Å². The highest BCUT2D eigenvalue weighted by atomic mass is 16.5. The van der Waals surface area contributed by atoms with Gasteiger partial charge in [0.1, 0.15) is 5.75 Å². The van der Waals surface area contributed by atoms with E-state index in [1.54, 1.807) is 14.2 Å². The Morgan fingerprint density at radius 2 is 2.17 bits per heavy atom. The van der Waals surface area contributed by atoms with Gasteiger partial charge in [-0.1, -0.05) is 26.3 Å². The number of aryl methyl sites for hydroxylation is 1. The molecule has 4 heteroatoms. The molecule has 3 atom stereocenters. The molecule has 4 nitrogen and oxygen atoms in total. The topological polar surface area (TPSA) is 47.6 Å². The fraction of sp³-hybridized carbons (Fsp3) is 0.650. The van der Waals surface area contributed by atoms with Gasteiger partial charge in [0.25, 0.3) is 0 Å². The van der Waals surface area contributed by atoms with Crippen molar-refractivity contribution in [2.75, 3.05) is 14.2 Å². The van der Waals surface area contributed by atoms with Gasteiger partial charge in [-0.05, 0) is 54.9 Å². The summed E-state index contributed by atoms with van der Waals surface area (Å²) >= 11 is 0. The summed E-state index contributed by atoms with van der Waals surface area (Å²) < 4.78 is 10.8. The predicted molar refractivity (Wildman–Crippen MR) is 96.3 cm³/mol. The molecule has 24 heavy (non-hydrogen) atoms. The van der Waals surface area contributed by atoms with E-state index in [9.17, 15) is 4.79 Å². The van der Waals surface area contributed by atoms with Gasteiger partial charge in [-0.2, -0.15) is 0 Å². The van der Waals surface area contributed by atoms with Crippen LogP contribution in [0, 0.1) is 5.92 Å². The maximum absolute atomic E-state index is 12.3. The van der Waals surface area contributed by atoms with Crippen LogP contribution < -0.4 is 10.1 Å². The summed E-state index contributed by atoms with van der Waals surface area (Å²) in [7, 11) is 3.45. The van der Waals surface area contributed by atoms with Gasteiger partial charge in [-0.25, -0.2) is 0 Å². The average molecular weight is 333 g/mol. The second-order valence-corrected chi connectivity index (χ2v) is 6.78. The number of hydrogen-bond acceptors (Lipinski definition) is 3. The van der Waals surface area contributed by atoms with Gasteiger partial charge < -0.3 is 14.8 Å². The normalized spacial score (nSPS) is 18.8. The van der Waals surface area contributed by atoms with Crippen LogP contribution in [0.25, 0.3) is 0 Å². The number of rotatable bonds is 9. The van der Waals surface area contributed by atoms with E-state index in [1.165, 1.54) is 11.1 Å². The van der Waals surface area contributed by atoms with Crippen LogP contribution in [0.3, 0.4) is 0 Å². The fourth-order valence-corrected chi connectivity index (χ4v) is 3.50. The quantitative estimate of drug-likeness (QED) is 0.742. The molecule has 0 saturated carbocycles. The van der Waals surface area contributed by atoms with Crippen molar-refractivity contribution in [2.45, 2.75) is 64.5 Å². The van der Waals surface area contributed by atoms with Crippen molar-refractivity contribution in [3.63, 3.8) is 0 Å². The van der Waals surface area contributed by atoms with Gasteiger partial charge in [0.15, 0.2) is 0 Å². The minimum absolute atomic E-state index is 0.141. The highest BCUT2D eigenvalue weighted by Gasteiger charge is 2.24. The first kappa shape index (κ1) is 18.8. The first-order chi connectivity index (χ1) is 11.6. The van der Waals surface area contributed by atoms with Gasteiger partial charge in [0.05, 0.1) is 19.3 Å². The van der Waals surface area contributed by atoms with Gasteiger partial charge >= 0.3 is 0 Å². The predicted octanol–water partition coefficient (Wildman–Crippen LogP) is 4.03. The Hall–Kier alpha value is -1.55. The van der Waals surface area contributed by atoms with Gasteiger partial charge in [0, 0.05) is 13.5 Å². The molecule has 0 fully saturated rings. The molecule has 0 radical (unpaired) electrons. The lowest BCUT2D eigenvalue weighted by Crippen LogP contribution is -2.27. The molecule has 1 amide bonds. The molecular formula is C20H31NO3. The summed E-state index contributed by atoms with van der Waals surface area (Å²) in [4.78, 5) is 12.3. The molecular weight excluding hydrogens is 302 g/mol. The maximum Gasteiger partial charge on any atom is 0.220 e. The maximum atomic E-state index is 12.3. The van der Waals surface area contributed by atoms with Crippen LogP contribution in [0.2, 0.25) is 0 Å². The summed E-state index contributed by atoms with van der Waals surface area (Å²) in [6.45, 7) is 4.38. The number of benzene rings is 1. The largest absolute Gasteiger partial charge is 0.497 e. The monoisotopic (exact) mass is 333 g/mol. The van der Waals surface area contributed by atoms with Gasteiger partial charge in [-0.3, -0.25) is 4.79 Å². The molecule has 1 aromatic carbocycles. The standard InChI is InChI=1S/C20H31NO3/c1-5-14(2)19(24-4)7-6-8-20(22)21-18-12-9-15-13-16(23-3)10-11-17(15)18/h10-11,13-14,18-19H,5-9,12H2,1-4H3,(H,21,22). The van der Waals surface area contributed by atoms with E-state index in [1.807, 2.05) is 6.07 Å². The third-order valence-electron chi connectivity index (χ3n) is 5.24. The Morgan fingerprint density at radius 3 is 2.83 bits per heavy atom.